The summed E-state index contributed by atoms with van der Waals surface area (Å²) in [5, 5.41) is 8.43. The van der Waals surface area contributed by atoms with Crippen LogP contribution in [0.5, 0.6) is 0 Å². The number of rotatable bonds is 14. The van der Waals surface area contributed by atoms with Crippen LogP contribution in [0.25, 0.3) is 0 Å². The zero-order valence-corrected chi connectivity index (χ0v) is 15.3. The zero-order chi connectivity index (χ0) is 23.4. The van der Waals surface area contributed by atoms with Gasteiger partial charge in [-0.05, 0) is 19.3 Å². The van der Waals surface area contributed by atoms with Gasteiger partial charge < -0.3 is 5.11 Å². The van der Waals surface area contributed by atoms with Crippen LogP contribution >= 0.6 is 0 Å². The standard InChI is InChI=1S/C16H22F12O/c1-2-3-5-8-11(17,18)13(21,22)15(25,26)16(27,28)14(23,24)12(19,20)9-6-4-7-10-29/h29H,2-10H2,1H3. The van der Waals surface area contributed by atoms with Gasteiger partial charge in [0.25, 0.3) is 0 Å². The van der Waals surface area contributed by atoms with Crippen LogP contribution in [0.2, 0.25) is 0 Å². The third-order valence-electron chi connectivity index (χ3n) is 4.34. The van der Waals surface area contributed by atoms with Crippen LogP contribution in [0, 0.1) is 0 Å². The Morgan fingerprint density at radius 3 is 1.14 bits per heavy atom. The summed E-state index contributed by atoms with van der Waals surface area (Å²) in [5.41, 5.74) is 0. The Labute approximate surface area is 159 Å². The Morgan fingerprint density at radius 1 is 0.483 bits per heavy atom. The van der Waals surface area contributed by atoms with Gasteiger partial charge in [-0.2, -0.15) is 52.7 Å². The fourth-order valence-corrected chi connectivity index (χ4v) is 2.40. The van der Waals surface area contributed by atoms with Crippen LogP contribution in [0.1, 0.15) is 58.3 Å². The Morgan fingerprint density at radius 2 is 0.828 bits per heavy atom. The van der Waals surface area contributed by atoms with Gasteiger partial charge in [-0.1, -0.05) is 26.2 Å². The first-order chi connectivity index (χ1) is 12.9. The number of aliphatic hydroxyl groups is 1. The summed E-state index contributed by atoms with van der Waals surface area (Å²) in [7, 11) is 0. The summed E-state index contributed by atoms with van der Waals surface area (Å²) in [6.45, 7) is 0.859. The van der Waals surface area contributed by atoms with Crippen molar-refractivity contribution in [1.29, 1.82) is 0 Å². The highest BCUT2D eigenvalue weighted by molar-refractivity contribution is 5.11. The van der Waals surface area contributed by atoms with Crippen molar-refractivity contribution in [1.82, 2.24) is 0 Å². The second-order valence-electron chi connectivity index (χ2n) is 6.70. The van der Waals surface area contributed by atoms with Crippen molar-refractivity contribution in [2.45, 2.75) is 93.8 Å². The van der Waals surface area contributed by atoms with Crippen molar-refractivity contribution in [3.8, 4) is 0 Å². The minimum atomic E-state index is -7.49. The van der Waals surface area contributed by atoms with Gasteiger partial charge in [0.2, 0.25) is 0 Å². The lowest BCUT2D eigenvalue weighted by atomic mass is 9.88. The van der Waals surface area contributed by atoms with Crippen molar-refractivity contribution in [3.63, 3.8) is 0 Å². The topological polar surface area (TPSA) is 20.2 Å². The number of alkyl halides is 12. The van der Waals surface area contributed by atoms with E-state index < -0.39 is 67.8 Å². The van der Waals surface area contributed by atoms with Crippen LogP contribution < -0.4 is 0 Å². The van der Waals surface area contributed by atoms with Crippen molar-refractivity contribution < 1.29 is 57.8 Å². The van der Waals surface area contributed by atoms with Crippen LogP contribution in [-0.4, -0.2) is 47.2 Å². The molecule has 0 heterocycles. The van der Waals surface area contributed by atoms with E-state index in [4.69, 9.17) is 5.11 Å². The van der Waals surface area contributed by atoms with Crippen molar-refractivity contribution in [2.75, 3.05) is 6.61 Å². The highest BCUT2D eigenvalue weighted by Crippen LogP contribution is 2.61. The monoisotopic (exact) mass is 458 g/mol. The van der Waals surface area contributed by atoms with E-state index in [-0.39, 0.29) is 25.7 Å². The molecule has 0 bridgehead atoms. The van der Waals surface area contributed by atoms with Crippen LogP contribution in [0.3, 0.4) is 0 Å². The van der Waals surface area contributed by atoms with Crippen molar-refractivity contribution in [3.05, 3.63) is 0 Å². The predicted molar refractivity (Wildman–Crippen MR) is 79.4 cm³/mol. The van der Waals surface area contributed by atoms with Gasteiger partial charge >= 0.3 is 35.5 Å². The molecule has 0 atom stereocenters. The average Bonchev–Trinajstić information content (AvgIpc) is 2.58. The Balaban J connectivity index is 5.84. The minimum absolute atomic E-state index is 0.161. The van der Waals surface area contributed by atoms with E-state index in [1.165, 1.54) is 6.92 Å². The molecule has 0 aliphatic heterocycles. The number of aliphatic hydroxyl groups excluding tert-OH is 1. The quantitative estimate of drug-likeness (QED) is 0.221. The summed E-state index contributed by atoms with van der Waals surface area (Å²) in [5.74, 6) is -40.8. The highest BCUT2D eigenvalue weighted by Gasteiger charge is 2.89. The molecule has 0 saturated carbocycles. The zero-order valence-electron chi connectivity index (χ0n) is 15.3. The van der Waals surface area contributed by atoms with Gasteiger partial charge in [0.1, 0.15) is 0 Å². The molecule has 0 rings (SSSR count). The molecule has 0 aliphatic rings. The van der Waals surface area contributed by atoms with Gasteiger partial charge in [-0.25, -0.2) is 0 Å². The molecule has 1 nitrogen and oxygen atoms in total. The van der Waals surface area contributed by atoms with E-state index in [1.807, 2.05) is 0 Å². The minimum Gasteiger partial charge on any atom is -0.396 e. The molecular weight excluding hydrogens is 436 g/mol. The molecule has 0 aromatic carbocycles. The summed E-state index contributed by atoms with van der Waals surface area (Å²) in [6, 6.07) is 0. The third kappa shape index (κ3) is 5.25. The first-order valence-corrected chi connectivity index (χ1v) is 8.75. The normalized spacial score (nSPS) is 15.1. The number of unbranched alkanes of at least 4 members (excludes halogenated alkanes) is 4. The molecule has 0 aliphatic carbocycles. The smallest absolute Gasteiger partial charge is 0.384 e. The Kier molecular flexibility index (Phi) is 9.22. The summed E-state index contributed by atoms with van der Waals surface area (Å²) >= 11 is 0. The Hall–Kier alpha value is -0.880. The third-order valence-corrected chi connectivity index (χ3v) is 4.34. The lowest BCUT2D eigenvalue weighted by Crippen LogP contribution is -2.70. The SMILES string of the molecule is CCCCCC(F)(F)C(F)(F)C(F)(F)C(F)(F)C(F)(F)C(F)(F)CCCCCO. The molecule has 176 valence electrons. The largest absolute Gasteiger partial charge is 0.396 e. The van der Waals surface area contributed by atoms with E-state index >= 15 is 0 Å². The molecule has 1 N–H and O–H groups in total. The van der Waals surface area contributed by atoms with Gasteiger partial charge in [0.05, 0.1) is 0 Å². The molecule has 0 fully saturated rings. The van der Waals surface area contributed by atoms with Gasteiger partial charge in [-0.3, -0.25) is 0 Å². The van der Waals surface area contributed by atoms with E-state index in [1.54, 1.807) is 0 Å². The molecule has 0 spiro atoms. The maximum atomic E-state index is 13.6. The molecular formula is C16H22F12O. The molecule has 0 unspecified atom stereocenters. The first kappa shape index (κ1) is 28.1. The van der Waals surface area contributed by atoms with E-state index in [9.17, 15) is 52.7 Å². The molecule has 29 heavy (non-hydrogen) atoms. The van der Waals surface area contributed by atoms with Crippen LogP contribution in [-0.2, 0) is 0 Å². The van der Waals surface area contributed by atoms with Crippen LogP contribution in [0.4, 0.5) is 52.7 Å². The number of halogens is 12. The molecule has 0 aromatic rings. The highest BCUT2D eigenvalue weighted by atomic mass is 19.4. The van der Waals surface area contributed by atoms with Crippen molar-refractivity contribution in [2.24, 2.45) is 0 Å². The van der Waals surface area contributed by atoms with E-state index in [2.05, 4.69) is 0 Å². The van der Waals surface area contributed by atoms with Crippen molar-refractivity contribution >= 4 is 0 Å². The fourth-order valence-electron chi connectivity index (χ4n) is 2.40. The fraction of sp³-hybridized carbons (Fsp3) is 1.00. The average molecular weight is 458 g/mol. The summed E-state index contributed by atoms with van der Waals surface area (Å²) in [4.78, 5) is 0. The molecule has 0 amide bonds. The van der Waals surface area contributed by atoms with Crippen LogP contribution in [0.15, 0.2) is 0 Å². The maximum absolute atomic E-state index is 13.6. The van der Waals surface area contributed by atoms with E-state index in [0.717, 1.165) is 0 Å². The maximum Gasteiger partial charge on any atom is 0.384 e. The van der Waals surface area contributed by atoms with Gasteiger partial charge in [0, 0.05) is 19.4 Å². The summed E-state index contributed by atoms with van der Waals surface area (Å²) in [6.07, 6.45) is -6.46. The Bertz CT molecular complexity index is 504. The second kappa shape index (κ2) is 9.51. The van der Waals surface area contributed by atoms with Gasteiger partial charge in [0.15, 0.2) is 0 Å². The number of hydrogen-bond donors (Lipinski definition) is 1. The lowest BCUT2D eigenvalue weighted by molar-refractivity contribution is -0.425. The number of hydrogen-bond acceptors (Lipinski definition) is 1. The first-order valence-electron chi connectivity index (χ1n) is 8.75. The summed E-state index contributed by atoms with van der Waals surface area (Å²) < 4.78 is 163. The predicted octanol–water partition coefficient (Wildman–Crippen LogP) is 6.93. The molecule has 0 aromatic heterocycles. The molecule has 0 saturated heterocycles. The molecule has 0 radical (unpaired) electrons. The van der Waals surface area contributed by atoms with Gasteiger partial charge in [-0.15, -0.1) is 0 Å². The second-order valence-corrected chi connectivity index (χ2v) is 6.70. The lowest BCUT2D eigenvalue weighted by Gasteiger charge is -2.41. The molecule has 13 heteroatoms. The van der Waals surface area contributed by atoms with E-state index in [0.29, 0.717) is 0 Å².